The van der Waals surface area contributed by atoms with Gasteiger partial charge in [-0.3, -0.25) is 9.48 Å². The largest absolute Gasteiger partial charge is 0.417 e. The number of halogens is 3. The highest BCUT2D eigenvalue weighted by Gasteiger charge is 2.34. The van der Waals surface area contributed by atoms with Crippen LogP contribution in [0.3, 0.4) is 0 Å². The summed E-state index contributed by atoms with van der Waals surface area (Å²) in [5.41, 5.74) is 1.83. The van der Waals surface area contributed by atoms with Gasteiger partial charge in [0.15, 0.2) is 0 Å². The SMILES string of the molecule is Cc1cccc(-c2nc(C)ncc2NC(=O)c2ccc(C(F)(F)F)c(-c3ccn(C)n3)c2)c1. The summed E-state index contributed by atoms with van der Waals surface area (Å²) in [7, 11) is 1.61. The van der Waals surface area contributed by atoms with Gasteiger partial charge in [0.1, 0.15) is 5.82 Å². The van der Waals surface area contributed by atoms with Gasteiger partial charge in [-0.1, -0.05) is 23.8 Å². The number of rotatable bonds is 4. The Balaban J connectivity index is 1.73. The van der Waals surface area contributed by atoms with Crippen LogP contribution in [0.2, 0.25) is 0 Å². The number of benzene rings is 2. The number of nitrogens with one attached hydrogen (secondary N) is 1. The quantitative estimate of drug-likeness (QED) is 0.449. The van der Waals surface area contributed by atoms with Gasteiger partial charge in [-0.05, 0) is 44.2 Å². The number of alkyl halides is 3. The van der Waals surface area contributed by atoms with E-state index in [1.165, 1.54) is 23.0 Å². The number of hydrogen-bond acceptors (Lipinski definition) is 4. The molecule has 1 N–H and O–H groups in total. The second-order valence-electron chi connectivity index (χ2n) is 7.64. The van der Waals surface area contributed by atoms with Crippen LogP contribution in [0, 0.1) is 13.8 Å². The zero-order valence-corrected chi connectivity index (χ0v) is 18.1. The van der Waals surface area contributed by atoms with E-state index in [1.807, 2.05) is 31.2 Å². The highest BCUT2D eigenvalue weighted by atomic mass is 19.4. The lowest BCUT2D eigenvalue weighted by Crippen LogP contribution is -2.15. The first-order chi connectivity index (χ1) is 15.6. The van der Waals surface area contributed by atoms with E-state index in [9.17, 15) is 18.0 Å². The Morgan fingerprint density at radius 3 is 2.52 bits per heavy atom. The molecule has 2 heterocycles. The van der Waals surface area contributed by atoms with Crippen molar-refractivity contribution in [3.8, 4) is 22.5 Å². The highest BCUT2D eigenvalue weighted by molar-refractivity contribution is 6.06. The molecule has 9 heteroatoms. The standard InChI is InChI=1S/C24H20F3N5O/c1-14-5-4-6-16(11-14)22-21(13-28-15(2)29-22)30-23(33)17-7-8-19(24(25,26)27)18(12-17)20-9-10-32(3)31-20/h4-13H,1-3H3,(H,30,33). The molecule has 1 amide bonds. The molecule has 33 heavy (non-hydrogen) atoms. The predicted octanol–water partition coefficient (Wildman–Crippen LogP) is 5.43. The summed E-state index contributed by atoms with van der Waals surface area (Å²) in [5.74, 6) is -0.0567. The summed E-state index contributed by atoms with van der Waals surface area (Å²) < 4.78 is 42.1. The molecule has 0 saturated carbocycles. The number of nitrogens with zero attached hydrogens (tertiary/aromatic N) is 4. The van der Waals surface area contributed by atoms with Crippen molar-refractivity contribution in [2.45, 2.75) is 20.0 Å². The summed E-state index contributed by atoms with van der Waals surface area (Å²) in [6.07, 6.45) is -1.56. The number of aromatic nitrogens is 4. The van der Waals surface area contributed by atoms with Crippen LogP contribution in [-0.4, -0.2) is 25.7 Å². The molecular weight excluding hydrogens is 431 g/mol. The third-order valence-electron chi connectivity index (χ3n) is 5.03. The Morgan fingerprint density at radius 2 is 1.85 bits per heavy atom. The van der Waals surface area contributed by atoms with Crippen LogP contribution in [0.5, 0.6) is 0 Å². The summed E-state index contributed by atoms with van der Waals surface area (Å²) >= 11 is 0. The molecule has 0 aliphatic heterocycles. The zero-order valence-electron chi connectivity index (χ0n) is 18.1. The number of aryl methyl sites for hydroxylation is 3. The molecule has 0 unspecified atom stereocenters. The smallest absolute Gasteiger partial charge is 0.319 e. The van der Waals surface area contributed by atoms with Crippen LogP contribution in [0.4, 0.5) is 18.9 Å². The Bertz CT molecular complexity index is 1340. The molecule has 0 bridgehead atoms. The number of carbonyl (C=O) groups is 1. The van der Waals surface area contributed by atoms with E-state index in [-0.39, 0.29) is 16.8 Å². The van der Waals surface area contributed by atoms with Crippen LogP contribution in [0.1, 0.15) is 27.3 Å². The summed E-state index contributed by atoms with van der Waals surface area (Å²) in [6.45, 7) is 3.68. The second kappa shape index (κ2) is 8.50. The van der Waals surface area contributed by atoms with Gasteiger partial charge in [-0.15, -0.1) is 0 Å². The van der Waals surface area contributed by atoms with Gasteiger partial charge in [-0.2, -0.15) is 18.3 Å². The fourth-order valence-electron chi connectivity index (χ4n) is 3.47. The van der Waals surface area contributed by atoms with Crippen molar-refractivity contribution in [3.63, 3.8) is 0 Å². The molecule has 0 aliphatic rings. The van der Waals surface area contributed by atoms with Crippen molar-refractivity contribution in [1.82, 2.24) is 19.7 Å². The van der Waals surface area contributed by atoms with Crippen LogP contribution in [-0.2, 0) is 13.2 Å². The molecule has 0 aliphatic carbocycles. The number of anilines is 1. The molecule has 6 nitrogen and oxygen atoms in total. The monoisotopic (exact) mass is 451 g/mol. The minimum Gasteiger partial charge on any atom is -0.319 e. The van der Waals surface area contributed by atoms with Crippen molar-refractivity contribution in [1.29, 1.82) is 0 Å². The average Bonchev–Trinajstić information content (AvgIpc) is 3.20. The van der Waals surface area contributed by atoms with E-state index in [4.69, 9.17) is 0 Å². The van der Waals surface area contributed by atoms with Gasteiger partial charge < -0.3 is 5.32 Å². The topological polar surface area (TPSA) is 72.7 Å². The van der Waals surface area contributed by atoms with Crippen molar-refractivity contribution in [3.05, 3.63) is 83.4 Å². The summed E-state index contributed by atoms with van der Waals surface area (Å²) in [5, 5.41) is 6.82. The highest BCUT2D eigenvalue weighted by Crippen LogP contribution is 2.37. The van der Waals surface area contributed by atoms with Crippen molar-refractivity contribution < 1.29 is 18.0 Å². The maximum Gasteiger partial charge on any atom is 0.417 e. The number of amides is 1. The minimum atomic E-state index is -4.59. The zero-order chi connectivity index (χ0) is 23.8. The van der Waals surface area contributed by atoms with E-state index in [1.54, 1.807) is 20.2 Å². The number of hydrogen-bond donors (Lipinski definition) is 1. The normalized spacial score (nSPS) is 11.5. The first kappa shape index (κ1) is 22.2. The molecule has 2 aromatic heterocycles. The molecular formula is C24H20F3N5O. The van der Waals surface area contributed by atoms with Gasteiger partial charge in [-0.25, -0.2) is 9.97 Å². The lowest BCUT2D eigenvalue weighted by atomic mass is 10.00. The van der Waals surface area contributed by atoms with Gasteiger partial charge in [0, 0.05) is 29.9 Å². The third kappa shape index (κ3) is 4.77. The Labute approximate surface area is 188 Å². The lowest BCUT2D eigenvalue weighted by molar-refractivity contribution is -0.137. The maximum atomic E-state index is 13.6. The molecule has 4 aromatic rings. The molecule has 0 saturated heterocycles. The molecule has 168 valence electrons. The van der Waals surface area contributed by atoms with Crippen molar-refractivity contribution in [2.75, 3.05) is 5.32 Å². The third-order valence-corrected chi connectivity index (χ3v) is 5.03. The average molecular weight is 451 g/mol. The second-order valence-corrected chi connectivity index (χ2v) is 7.64. The first-order valence-corrected chi connectivity index (χ1v) is 10.0. The van der Waals surface area contributed by atoms with Gasteiger partial charge in [0.25, 0.3) is 5.91 Å². The van der Waals surface area contributed by atoms with Gasteiger partial charge in [0.05, 0.1) is 28.8 Å². The molecule has 0 spiro atoms. The van der Waals surface area contributed by atoms with E-state index < -0.39 is 17.6 Å². The van der Waals surface area contributed by atoms with Crippen LogP contribution < -0.4 is 5.32 Å². The first-order valence-electron chi connectivity index (χ1n) is 10.0. The Morgan fingerprint density at radius 1 is 1.06 bits per heavy atom. The molecule has 2 aromatic carbocycles. The summed E-state index contributed by atoms with van der Waals surface area (Å²) in [6, 6.07) is 12.3. The van der Waals surface area contributed by atoms with Gasteiger partial charge >= 0.3 is 6.18 Å². The van der Waals surface area contributed by atoms with E-state index >= 15 is 0 Å². The minimum absolute atomic E-state index is 0.0550. The Hall–Kier alpha value is -4.01. The lowest BCUT2D eigenvalue weighted by Gasteiger charge is -2.14. The van der Waals surface area contributed by atoms with E-state index in [0.717, 1.165) is 23.3 Å². The maximum absolute atomic E-state index is 13.6. The molecule has 4 rings (SSSR count). The van der Waals surface area contributed by atoms with Gasteiger partial charge in [0.2, 0.25) is 0 Å². The fraction of sp³-hybridized carbons (Fsp3) is 0.167. The van der Waals surface area contributed by atoms with E-state index in [2.05, 4.69) is 20.4 Å². The van der Waals surface area contributed by atoms with Crippen LogP contribution in [0.15, 0.2) is 60.9 Å². The predicted molar refractivity (Wildman–Crippen MR) is 119 cm³/mol. The van der Waals surface area contributed by atoms with E-state index in [0.29, 0.717) is 17.2 Å². The van der Waals surface area contributed by atoms with Crippen molar-refractivity contribution >= 4 is 11.6 Å². The molecule has 0 radical (unpaired) electrons. The fourth-order valence-corrected chi connectivity index (χ4v) is 3.47. The molecule has 0 atom stereocenters. The molecule has 0 fully saturated rings. The summed E-state index contributed by atoms with van der Waals surface area (Å²) in [4.78, 5) is 21.6. The van der Waals surface area contributed by atoms with Crippen LogP contribution in [0.25, 0.3) is 22.5 Å². The van der Waals surface area contributed by atoms with Crippen LogP contribution >= 0.6 is 0 Å². The number of carbonyl (C=O) groups excluding carboxylic acids is 1. The Kier molecular flexibility index (Phi) is 5.71. The van der Waals surface area contributed by atoms with Crippen molar-refractivity contribution in [2.24, 2.45) is 7.05 Å².